The highest BCUT2D eigenvalue weighted by Gasteiger charge is 2.30. The number of amides is 1. The van der Waals surface area contributed by atoms with Crippen molar-refractivity contribution in [2.75, 3.05) is 7.05 Å². The molecule has 2 aliphatic heterocycles. The molecular formula is C9H11N3O. The first-order valence-electron chi connectivity index (χ1n) is 4.13. The Morgan fingerprint density at radius 1 is 1.54 bits per heavy atom. The van der Waals surface area contributed by atoms with Gasteiger partial charge in [-0.1, -0.05) is 0 Å². The summed E-state index contributed by atoms with van der Waals surface area (Å²) < 4.78 is 0. The van der Waals surface area contributed by atoms with E-state index >= 15 is 0 Å². The first-order chi connectivity index (χ1) is 6.20. The summed E-state index contributed by atoms with van der Waals surface area (Å²) in [5, 5.41) is 0. The average molecular weight is 177 g/mol. The molecule has 0 fully saturated rings. The number of rotatable bonds is 0. The number of allylic oxidation sites excluding steroid dienone is 1. The zero-order valence-electron chi connectivity index (χ0n) is 7.64. The lowest BCUT2D eigenvalue weighted by Crippen LogP contribution is -2.48. The van der Waals surface area contributed by atoms with Gasteiger partial charge in [0.05, 0.1) is 0 Å². The second kappa shape index (κ2) is 2.73. The monoisotopic (exact) mass is 177 g/mol. The van der Waals surface area contributed by atoms with E-state index in [0.29, 0.717) is 0 Å². The van der Waals surface area contributed by atoms with Crippen LogP contribution in [0.2, 0.25) is 0 Å². The van der Waals surface area contributed by atoms with Crippen molar-refractivity contribution in [2.45, 2.75) is 13.0 Å². The molecule has 1 amide bonds. The summed E-state index contributed by atoms with van der Waals surface area (Å²) in [5.74, 6) is 0.0631. The molecule has 0 N–H and O–H groups in total. The summed E-state index contributed by atoms with van der Waals surface area (Å²) in [5.41, 5.74) is 0.946. The summed E-state index contributed by atoms with van der Waals surface area (Å²) in [4.78, 5) is 19.1. The van der Waals surface area contributed by atoms with Crippen LogP contribution in [-0.4, -0.2) is 35.0 Å². The summed E-state index contributed by atoms with van der Waals surface area (Å²) in [6, 6.07) is -0.251. The van der Waals surface area contributed by atoms with Crippen LogP contribution < -0.4 is 0 Å². The van der Waals surface area contributed by atoms with Gasteiger partial charge in [-0.3, -0.25) is 9.79 Å². The van der Waals surface area contributed by atoms with Crippen molar-refractivity contribution >= 4 is 12.1 Å². The van der Waals surface area contributed by atoms with E-state index in [1.165, 1.54) is 0 Å². The maximum absolute atomic E-state index is 11.7. The van der Waals surface area contributed by atoms with Crippen LogP contribution in [0.5, 0.6) is 0 Å². The lowest BCUT2D eigenvalue weighted by atomic mass is 10.2. The van der Waals surface area contributed by atoms with Gasteiger partial charge >= 0.3 is 0 Å². The predicted molar refractivity (Wildman–Crippen MR) is 49.8 cm³/mol. The minimum absolute atomic E-state index is 0.0631. The standard InChI is InChI=1S/C9H11N3O/c1-7-6-12-4-3-10-5-8(12)9(13)11(7)2/h3-6,8H,1-2H3. The molecule has 0 spiro atoms. The Morgan fingerprint density at radius 3 is 3.08 bits per heavy atom. The molecule has 0 saturated heterocycles. The van der Waals surface area contributed by atoms with Crippen molar-refractivity contribution in [3.63, 3.8) is 0 Å². The van der Waals surface area contributed by atoms with E-state index in [-0.39, 0.29) is 11.9 Å². The zero-order valence-corrected chi connectivity index (χ0v) is 7.64. The van der Waals surface area contributed by atoms with Gasteiger partial charge in [0.2, 0.25) is 0 Å². The first-order valence-corrected chi connectivity index (χ1v) is 4.13. The minimum Gasteiger partial charge on any atom is -0.334 e. The fourth-order valence-corrected chi connectivity index (χ4v) is 1.41. The molecule has 4 heteroatoms. The third kappa shape index (κ3) is 1.14. The van der Waals surface area contributed by atoms with Crippen LogP contribution in [-0.2, 0) is 4.79 Å². The third-order valence-electron chi connectivity index (χ3n) is 2.32. The Labute approximate surface area is 76.8 Å². The quantitative estimate of drug-likeness (QED) is 0.541. The van der Waals surface area contributed by atoms with E-state index in [0.717, 1.165) is 5.70 Å². The van der Waals surface area contributed by atoms with Crippen LogP contribution in [0.4, 0.5) is 0 Å². The molecular weight excluding hydrogens is 166 g/mol. The van der Waals surface area contributed by atoms with E-state index in [2.05, 4.69) is 4.99 Å². The Kier molecular flexibility index (Phi) is 1.69. The van der Waals surface area contributed by atoms with Gasteiger partial charge in [-0.15, -0.1) is 0 Å². The molecule has 0 radical (unpaired) electrons. The van der Waals surface area contributed by atoms with Gasteiger partial charge in [0, 0.05) is 37.6 Å². The average Bonchev–Trinajstić information content (AvgIpc) is 2.15. The molecule has 2 heterocycles. The van der Waals surface area contributed by atoms with Crippen molar-refractivity contribution in [3.8, 4) is 0 Å². The fourth-order valence-electron chi connectivity index (χ4n) is 1.41. The van der Waals surface area contributed by atoms with Crippen molar-refractivity contribution in [1.29, 1.82) is 0 Å². The Bertz CT molecular complexity index is 330. The van der Waals surface area contributed by atoms with Crippen molar-refractivity contribution < 1.29 is 4.79 Å². The van der Waals surface area contributed by atoms with Crippen LogP contribution in [0.3, 0.4) is 0 Å². The summed E-state index contributed by atoms with van der Waals surface area (Å²) in [6.07, 6.45) is 7.08. The summed E-state index contributed by atoms with van der Waals surface area (Å²) in [6.45, 7) is 1.91. The summed E-state index contributed by atoms with van der Waals surface area (Å²) in [7, 11) is 1.78. The molecule has 68 valence electrons. The normalized spacial score (nSPS) is 26.2. The molecule has 2 rings (SSSR count). The van der Waals surface area contributed by atoms with Crippen molar-refractivity contribution in [1.82, 2.24) is 9.80 Å². The largest absolute Gasteiger partial charge is 0.334 e. The number of carbonyl (C=O) groups is 1. The fraction of sp³-hybridized carbons (Fsp3) is 0.333. The second-order valence-electron chi connectivity index (χ2n) is 3.16. The van der Waals surface area contributed by atoms with Gasteiger partial charge in [-0.05, 0) is 6.92 Å². The van der Waals surface area contributed by atoms with Gasteiger partial charge < -0.3 is 9.80 Å². The number of carbonyl (C=O) groups excluding carboxylic acids is 1. The smallest absolute Gasteiger partial charge is 0.255 e. The Balaban J connectivity index is 2.38. The molecule has 1 atom stereocenters. The predicted octanol–water partition coefficient (Wildman–Crippen LogP) is 0.546. The lowest BCUT2D eigenvalue weighted by Gasteiger charge is -2.35. The van der Waals surface area contributed by atoms with E-state index < -0.39 is 0 Å². The van der Waals surface area contributed by atoms with E-state index in [4.69, 9.17) is 0 Å². The minimum atomic E-state index is -0.251. The number of fused-ring (bicyclic) bond motifs is 1. The highest BCUT2D eigenvalue weighted by Crippen LogP contribution is 2.17. The number of nitrogens with zero attached hydrogens (tertiary/aromatic N) is 3. The number of hydrogen-bond acceptors (Lipinski definition) is 3. The van der Waals surface area contributed by atoms with Crippen LogP contribution in [0.25, 0.3) is 0 Å². The van der Waals surface area contributed by atoms with Crippen LogP contribution in [0.15, 0.2) is 29.3 Å². The number of aliphatic imine (C=N–C) groups is 1. The Hall–Kier alpha value is -1.58. The summed E-state index contributed by atoms with van der Waals surface area (Å²) >= 11 is 0. The topological polar surface area (TPSA) is 35.9 Å². The molecule has 0 aromatic carbocycles. The molecule has 2 aliphatic rings. The van der Waals surface area contributed by atoms with E-state index in [9.17, 15) is 4.79 Å². The number of hydrogen-bond donors (Lipinski definition) is 0. The Morgan fingerprint density at radius 2 is 2.31 bits per heavy atom. The highest BCUT2D eigenvalue weighted by molar-refractivity contribution is 5.99. The maximum atomic E-state index is 11.7. The highest BCUT2D eigenvalue weighted by atomic mass is 16.2. The SMILES string of the molecule is CC1=CN2C=CN=CC2C(=O)N1C. The number of likely N-dealkylation sites (N-methyl/N-ethyl adjacent to an activating group) is 1. The van der Waals surface area contributed by atoms with Crippen LogP contribution in [0.1, 0.15) is 6.92 Å². The van der Waals surface area contributed by atoms with E-state index in [1.54, 1.807) is 30.6 Å². The molecule has 0 aromatic rings. The van der Waals surface area contributed by atoms with Gasteiger partial charge in [0.25, 0.3) is 5.91 Å². The lowest BCUT2D eigenvalue weighted by molar-refractivity contribution is -0.131. The van der Waals surface area contributed by atoms with Crippen molar-refractivity contribution in [2.24, 2.45) is 4.99 Å². The molecule has 0 bridgehead atoms. The maximum Gasteiger partial charge on any atom is 0.255 e. The second-order valence-corrected chi connectivity index (χ2v) is 3.16. The van der Waals surface area contributed by atoms with E-state index in [1.807, 2.05) is 18.0 Å². The molecule has 0 saturated carbocycles. The zero-order chi connectivity index (χ0) is 9.42. The molecule has 0 aliphatic carbocycles. The molecule has 13 heavy (non-hydrogen) atoms. The van der Waals surface area contributed by atoms with Gasteiger partial charge in [0.1, 0.15) is 6.04 Å². The first kappa shape index (κ1) is 8.04. The van der Waals surface area contributed by atoms with Crippen molar-refractivity contribution in [3.05, 3.63) is 24.3 Å². The molecule has 4 nitrogen and oxygen atoms in total. The molecule has 0 aromatic heterocycles. The van der Waals surface area contributed by atoms with Gasteiger partial charge in [-0.25, -0.2) is 0 Å². The van der Waals surface area contributed by atoms with Gasteiger partial charge in [-0.2, -0.15) is 0 Å². The third-order valence-corrected chi connectivity index (χ3v) is 2.32. The molecule has 1 unspecified atom stereocenters. The van der Waals surface area contributed by atoms with Gasteiger partial charge in [0.15, 0.2) is 0 Å². The van der Waals surface area contributed by atoms with Crippen LogP contribution in [0, 0.1) is 0 Å². The van der Waals surface area contributed by atoms with Crippen LogP contribution >= 0.6 is 0 Å².